The fourth-order valence-corrected chi connectivity index (χ4v) is 3.99. The van der Waals surface area contributed by atoms with Gasteiger partial charge in [0.15, 0.2) is 11.5 Å². The summed E-state index contributed by atoms with van der Waals surface area (Å²) in [6.45, 7) is 4.56. The van der Waals surface area contributed by atoms with E-state index in [4.69, 9.17) is 9.47 Å². The number of ether oxygens (including phenoxy) is 2. The van der Waals surface area contributed by atoms with Gasteiger partial charge in [0.05, 0.1) is 4.90 Å². The Morgan fingerprint density at radius 2 is 2.00 bits per heavy atom. The predicted octanol–water partition coefficient (Wildman–Crippen LogP) is 0.440. The molecule has 3 rings (SSSR count). The van der Waals surface area contributed by atoms with Gasteiger partial charge in [-0.2, -0.15) is 4.31 Å². The van der Waals surface area contributed by atoms with Crippen molar-refractivity contribution in [2.45, 2.75) is 17.9 Å². The van der Waals surface area contributed by atoms with Crippen molar-refractivity contribution in [1.29, 1.82) is 0 Å². The summed E-state index contributed by atoms with van der Waals surface area (Å²) in [5.74, 6) is 1.10. The Morgan fingerprint density at radius 3 is 2.75 bits per heavy atom. The normalized spacial score (nSPS) is 23.6. The molecule has 0 unspecified atom stereocenters. The van der Waals surface area contributed by atoms with Crippen LogP contribution in [0.2, 0.25) is 0 Å². The van der Waals surface area contributed by atoms with Crippen LogP contribution in [0.25, 0.3) is 0 Å². The molecular weight excluding hydrogens is 280 g/mol. The lowest BCUT2D eigenvalue weighted by Gasteiger charge is -2.31. The second-order valence-electron chi connectivity index (χ2n) is 5.02. The van der Waals surface area contributed by atoms with Crippen LogP contribution in [0.4, 0.5) is 0 Å². The molecule has 2 heterocycles. The van der Waals surface area contributed by atoms with E-state index in [0.717, 1.165) is 0 Å². The highest BCUT2D eigenvalue weighted by atomic mass is 32.2. The molecule has 2 aliphatic rings. The van der Waals surface area contributed by atoms with Crippen LogP contribution in [-0.2, 0) is 10.0 Å². The molecule has 0 radical (unpaired) electrons. The molecule has 2 aliphatic heterocycles. The number of hydrogen-bond donors (Lipinski definition) is 1. The zero-order valence-corrected chi connectivity index (χ0v) is 12.1. The van der Waals surface area contributed by atoms with Crippen molar-refractivity contribution in [2.75, 3.05) is 32.8 Å². The molecule has 1 aromatic carbocycles. The van der Waals surface area contributed by atoms with Crippen molar-refractivity contribution >= 4 is 10.0 Å². The summed E-state index contributed by atoms with van der Waals surface area (Å²) in [5, 5.41) is 3.23. The summed E-state index contributed by atoms with van der Waals surface area (Å²) in [6, 6.07) is 4.95. The Hall–Kier alpha value is -1.31. The number of nitrogens with one attached hydrogen (secondary N) is 1. The lowest BCUT2D eigenvalue weighted by Crippen LogP contribution is -2.51. The van der Waals surface area contributed by atoms with Crippen molar-refractivity contribution in [3.05, 3.63) is 18.2 Å². The second-order valence-corrected chi connectivity index (χ2v) is 6.96. The zero-order valence-electron chi connectivity index (χ0n) is 11.3. The minimum atomic E-state index is -3.47. The van der Waals surface area contributed by atoms with Gasteiger partial charge < -0.3 is 14.8 Å². The summed E-state index contributed by atoms with van der Waals surface area (Å²) in [5.41, 5.74) is 0. The van der Waals surface area contributed by atoms with Crippen LogP contribution in [0.5, 0.6) is 11.5 Å². The van der Waals surface area contributed by atoms with Crippen LogP contribution in [0.15, 0.2) is 23.1 Å². The Balaban J connectivity index is 1.90. The van der Waals surface area contributed by atoms with Gasteiger partial charge in [0.1, 0.15) is 13.2 Å². The van der Waals surface area contributed by atoms with Gasteiger partial charge in [-0.05, 0) is 19.1 Å². The Bertz CT molecular complexity index is 602. The molecule has 0 aromatic heterocycles. The SMILES string of the molecule is C[C@@H]1CN(S(=O)(=O)c2ccc3c(c2)OCCO3)CCN1. The average Bonchev–Trinajstić information content (AvgIpc) is 2.46. The minimum absolute atomic E-state index is 0.163. The van der Waals surface area contributed by atoms with Crippen LogP contribution in [0, 0.1) is 0 Å². The van der Waals surface area contributed by atoms with Gasteiger partial charge in [-0.15, -0.1) is 0 Å². The molecule has 110 valence electrons. The summed E-state index contributed by atoms with van der Waals surface area (Å²) in [6.07, 6.45) is 0. The van der Waals surface area contributed by atoms with E-state index in [0.29, 0.717) is 44.3 Å². The van der Waals surface area contributed by atoms with E-state index in [1.54, 1.807) is 18.2 Å². The second kappa shape index (κ2) is 5.23. The number of sulfonamides is 1. The van der Waals surface area contributed by atoms with Crippen LogP contribution in [0.1, 0.15) is 6.92 Å². The van der Waals surface area contributed by atoms with Crippen molar-refractivity contribution in [3.63, 3.8) is 0 Å². The first-order chi connectivity index (χ1) is 9.57. The standard InChI is InChI=1S/C13H18N2O4S/c1-10-9-15(5-4-14-10)20(16,17)11-2-3-12-13(8-11)19-7-6-18-12/h2-3,8,10,14H,4-7,9H2,1H3/t10-/m1/s1. The molecule has 1 atom stereocenters. The molecule has 0 amide bonds. The number of rotatable bonds is 2. The van der Waals surface area contributed by atoms with E-state index in [1.807, 2.05) is 6.92 Å². The van der Waals surface area contributed by atoms with Crippen LogP contribution in [0.3, 0.4) is 0 Å². The monoisotopic (exact) mass is 298 g/mol. The van der Waals surface area contributed by atoms with Gasteiger partial charge in [0, 0.05) is 31.7 Å². The molecule has 0 bridgehead atoms. The zero-order chi connectivity index (χ0) is 14.2. The van der Waals surface area contributed by atoms with Gasteiger partial charge in [-0.1, -0.05) is 0 Å². The van der Waals surface area contributed by atoms with Gasteiger partial charge in [-0.25, -0.2) is 8.42 Å². The average molecular weight is 298 g/mol. The molecule has 6 nitrogen and oxygen atoms in total. The minimum Gasteiger partial charge on any atom is -0.486 e. The molecule has 0 aliphatic carbocycles. The number of benzene rings is 1. The van der Waals surface area contributed by atoms with E-state index < -0.39 is 10.0 Å². The van der Waals surface area contributed by atoms with Crippen LogP contribution < -0.4 is 14.8 Å². The number of hydrogen-bond acceptors (Lipinski definition) is 5. The summed E-state index contributed by atoms with van der Waals surface area (Å²) >= 11 is 0. The summed E-state index contributed by atoms with van der Waals surface area (Å²) < 4.78 is 37.6. The first kappa shape index (κ1) is 13.7. The maximum atomic E-state index is 12.6. The number of nitrogens with zero attached hydrogens (tertiary/aromatic N) is 1. The lowest BCUT2D eigenvalue weighted by atomic mass is 10.3. The van der Waals surface area contributed by atoms with Crippen molar-refractivity contribution in [3.8, 4) is 11.5 Å². The van der Waals surface area contributed by atoms with Gasteiger partial charge in [-0.3, -0.25) is 0 Å². The van der Waals surface area contributed by atoms with Gasteiger partial charge >= 0.3 is 0 Å². The highest BCUT2D eigenvalue weighted by Crippen LogP contribution is 2.33. The van der Waals surface area contributed by atoms with Crippen molar-refractivity contribution in [2.24, 2.45) is 0 Å². The van der Waals surface area contributed by atoms with Crippen LogP contribution in [-0.4, -0.2) is 51.6 Å². The van der Waals surface area contributed by atoms with Crippen molar-refractivity contribution < 1.29 is 17.9 Å². The lowest BCUT2D eigenvalue weighted by molar-refractivity contribution is 0.171. The fraction of sp³-hybridized carbons (Fsp3) is 0.538. The highest BCUT2D eigenvalue weighted by Gasteiger charge is 2.29. The number of piperazine rings is 1. The molecule has 1 saturated heterocycles. The maximum Gasteiger partial charge on any atom is 0.243 e. The maximum absolute atomic E-state index is 12.6. The van der Waals surface area contributed by atoms with E-state index in [-0.39, 0.29) is 10.9 Å². The molecule has 0 spiro atoms. The summed E-state index contributed by atoms with van der Waals surface area (Å²) in [7, 11) is -3.47. The Morgan fingerprint density at radius 1 is 1.25 bits per heavy atom. The van der Waals surface area contributed by atoms with Gasteiger partial charge in [0.25, 0.3) is 0 Å². The smallest absolute Gasteiger partial charge is 0.243 e. The first-order valence-corrected chi connectivity index (χ1v) is 8.14. The largest absolute Gasteiger partial charge is 0.486 e. The molecule has 1 aromatic rings. The van der Waals surface area contributed by atoms with E-state index in [2.05, 4.69) is 5.32 Å². The molecular formula is C13H18N2O4S. The Kier molecular flexibility index (Phi) is 3.57. The predicted molar refractivity (Wildman–Crippen MR) is 73.7 cm³/mol. The van der Waals surface area contributed by atoms with E-state index >= 15 is 0 Å². The third kappa shape index (κ3) is 2.48. The molecule has 20 heavy (non-hydrogen) atoms. The molecule has 1 fully saturated rings. The summed E-state index contributed by atoms with van der Waals surface area (Å²) in [4.78, 5) is 0.260. The first-order valence-electron chi connectivity index (χ1n) is 6.70. The van der Waals surface area contributed by atoms with Gasteiger partial charge in [0.2, 0.25) is 10.0 Å². The highest BCUT2D eigenvalue weighted by molar-refractivity contribution is 7.89. The number of fused-ring (bicyclic) bond motifs is 1. The molecule has 0 saturated carbocycles. The quantitative estimate of drug-likeness (QED) is 0.858. The third-order valence-electron chi connectivity index (χ3n) is 3.48. The van der Waals surface area contributed by atoms with Crippen molar-refractivity contribution in [1.82, 2.24) is 9.62 Å². The van der Waals surface area contributed by atoms with E-state index in [9.17, 15) is 8.42 Å². The molecule has 7 heteroatoms. The topological polar surface area (TPSA) is 67.9 Å². The molecule has 1 N–H and O–H groups in total. The van der Waals surface area contributed by atoms with Crippen LogP contribution >= 0.6 is 0 Å². The van der Waals surface area contributed by atoms with E-state index in [1.165, 1.54) is 4.31 Å². The fourth-order valence-electron chi connectivity index (χ4n) is 2.45. The Labute approximate surface area is 118 Å². The third-order valence-corrected chi connectivity index (χ3v) is 5.34.